The van der Waals surface area contributed by atoms with E-state index in [-0.39, 0.29) is 42.1 Å². The number of hydrogen-bond acceptors (Lipinski definition) is 6. The van der Waals surface area contributed by atoms with Crippen molar-refractivity contribution < 1.29 is 14.4 Å². The molecule has 2 aliphatic carbocycles. The Hall–Kier alpha value is -3.10. The number of tetrazole rings is 1. The highest BCUT2D eigenvalue weighted by molar-refractivity contribution is 6.08. The van der Waals surface area contributed by atoms with E-state index in [9.17, 15) is 14.4 Å². The SMILES string of the molecule is O=C(CN1C(=O)[C@H]2[C@@H]3CC[C@@H](C3)[C@@H]2C1=O)N1CCC(n2nnc(-c3ccccc3)n2)CC1. The third kappa shape index (κ3) is 3.05. The van der Waals surface area contributed by atoms with Gasteiger partial charge in [-0.1, -0.05) is 30.3 Å². The lowest BCUT2D eigenvalue weighted by atomic mass is 9.81. The maximum absolute atomic E-state index is 12.9. The van der Waals surface area contributed by atoms with Gasteiger partial charge < -0.3 is 4.90 Å². The lowest BCUT2D eigenvalue weighted by Gasteiger charge is -2.32. The molecule has 0 unspecified atom stereocenters. The molecule has 9 nitrogen and oxygen atoms in total. The van der Waals surface area contributed by atoms with Crippen LogP contribution in [0.25, 0.3) is 11.4 Å². The number of hydrogen-bond donors (Lipinski definition) is 0. The molecular weight excluding hydrogens is 408 g/mol. The summed E-state index contributed by atoms with van der Waals surface area (Å²) in [4.78, 5) is 43.3. The Morgan fingerprint density at radius 3 is 2.25 bits per heavy atom. The second-order valence-corrected chi connectivity index (χ2v) is 9.56. The molecular formula is C23H26N6O3. The molecule has 2 saturated carbocycles. The van der Waals surface area contributed by atoms with Gasteiger partial charge in [-0.2, -0.15) is 4.80 Å². The molecule has 3 amide bonds. The first-order valence-corrected chi connectivity index (χ1v) is 11.6. The molecule has 0 N–H and O–H groups in total. The van der Waals surface area contributed by atoms with E-state index in [4.69, 9.17) is 0 Å². The maximum atomic E-state index is 12.9. The number of fused-ring (bicyclic) bond motifs is 5. The summed E-state index contributed by atoms with van der Waals surface area (Å²) in [6.45, 7) is 0.995. The molecule has 3 heterocycles. The second kappa shape index (κ2) is 7.50. The average molecular weight is 435 g/mol. The molecule has 4 fully saturated rings. The van der Waals surface area contributed by atoms with Crippen LogP contribution < -0.4 is 0 Å². The molecule has 166 valence electrons. The van der Waals surface area contributed by atoms with Gasteiger partial charge in [-0.15, -0.1) is 10.2 Å². The highest BCUT2D eigenvalue weighted by atomic mass is 16.2. The average Bonchev–Trinajstić information content (AvgIpc) is 3.61. The van der Waals surface area contributed by atoms with Crippen LogP contribution in [0.2, 0.25) is 0 Å². The second-order valence-electron chi connectivity index (χ2n) is 9.56. The molecule has 0 radical (unpaired) electrons. The van der Waals surface area contributed by atoms with E-state index in [0.717, 1.165) is 24.8 Å². The summed E-state index contributed by atoms with van der Waals surface area (Å²) >= 11 is 0. The molecule has 4 aliphatic rings. The van der Waals surface area contributed by atoms with Gasteiger partial charge in [0.15, 0.2) is 0 Å². The van der Waals surface area contributed by atoms with E-state index < -0.39 is 0 Å². The molecule has 1 aromatic heterocycles. The van der Waals surface area contributed by atoms with Crippen LogP contribution >= 0.6 is 0 Å². The molecule has 2 saturated heterocycles. The van der Waals surface area contributed by atoms with Gasteiger partial charge in [-0.05, 0) is 49.2 Å². The third-order valence-corrected chi connectivity index (χ3v) is 7.92. The fourth-order valence-corrected chi connectivity index (χ4v) is 6.29. The highest BCUT2D eigenvalue weighted by Gasteiger charge is 2.61. The van der Waals surface area contributed by atoms with Crippen molar-refractivity contribution in [2.24, 2.45) is 23.7 Å². The summed E-state index contributed by atoms with van der Waals surface area (Å²) in [5.74, 6) is 0.561. The fourth-order valence-electron chi connectivity index (χ4n) is 6.29. The quantitative estimate of drug-likeness (QED) is 0.677. The topological polar surface area (TPSA) is 101 Å². The number of rotatable bonds is 4. The van der Waals surface area contributed by atoms with E-state index in [0.29, 0.717) is 43.6 Å². The van der Waals surface area contributed by atoms with E-state index in [2.05, 4.69) is 15.4 Å². The monoisotopic (exact) mass is 434 g/mol. The zero-order valence-electron chi connectivity index (χ0n) is 17.8. The van der Waals surface area contributed by atoms with E-state index in [1.807, 2.05) is 30.3 Å². The van der Waals surface area contributed by atoms with Crippen molar-refractivity contribution in [1.29, 1.82) is 0 Å². The first-order chi connectivity index (χ1) is 15.6. The van der Waals surface area contributed by atoms with Crippen LogP contribution in [0.5, 0.6) is 0 Å². The summed E-state index contributed by atoms with van der Waals surface area (Å²) in [7, 11) is 0. The Balaban J connectivity index is 1.06. The Bertz CT molecular complexity index is 1030. The van der Waals surface area contributed by atoms with Crippen LogP contribution in [-0.4, -0.2) is 67.4 Å². The Labute approximate surface area is 185 Å². The van der Waals surface area contributed by atoms with Crippen LogP contribution in [0.15, 0.2) is 30.3 Å². The summed E-state index contributed by atoms with van der Waals surface area (Å²) in [5.41, 5.74) is 0.921. The number of carbonyl (C=O) groups excluding carboxylic acids is 3. The third-order valence-electron chi connectivity index (χ3n) is 7.92. The zero-order valence-corrected chi connectivity index (χ0v) is 17.8. The molecule has 0 spiro atoms. The molecule has 4 atom stereocenters. The van der Waals surface area contributed by atoms with Crippen molar-refractivity contribution >= 4 is 17.7 Å². The molecule has 2 bridgehead atoms. The first-order valence-electron chi connectivity index (χ1n) is 11.6. The zero-order chi connectivity index (χ0) is 21.8. The van der Waals surface area contributed by atoms with Gasteiger partial charge in [0, 0.05) is 18.7 Å². The summed E-state index contributed by atoms with van der Waals surface area (Å²) in [6.07, 6.45) is 4.52. The van der Waals surface area contributed by atoms with Gasteiger partial charge in [0.2, 0.25) is 23.5 Å². The standard InChI is InChI=1S/C23H26N6O3/c30-18(13-28-22(31)19-15-6-7-16(12-15)20(19)23(28)32)27-10-8-17(9-11-27)29-25-21(24-26-29)14-4-2-1-3-5-14/h1-5,15-17,19-20H,6-13H2/t15-,16+,19-,20-/m0/s1. The Morgan fingerprint density at radius 2 is 1.59 bits per heavy atom. The fraction of sp³-hybridized carbons (Fsp3) is 0.565. The van der Waals surface area contributed by atoms with Gasteiger partial charge in [-0.3, -0.25) is 19.3 Å². The van der Waals surface area contributed by atoms with Crippen molar-refractivity contribution in [3.05, 3.63) is 30.3 Å². The number of amides is 3. The minimum atomic E-state index is -0.169. The number of imide groups is 1. The van der Waals surface area contributed by atoms with E-state index in [1.54, 1.807) is 9.70 Å². The van der Waals surface area contributed by atoms with Crippen LogP contribution in [0.3, 0.4) is 0 Å². The number of piperidine rings is 1. The summed E-state index contributed by atoms with van der Waals surface area (Å²) < 4.78 is 0. The van der Waals surface area contributed by atoms with Crippen LogP contribution in [-0.2, 0) is 14.4 Å². The number of carbonyl (C=O) groups is 3. The molecule has 1 aromatic carbocycles. The Morgan fingerprint density at radius 1 is 0.938 bits per heavy atom. The molecule has 32 heavy (non-hydrogen) atoms. The van der Waals surface area contributed by atoms with Gasteiger partial charge in [0.25, 0.3) is 0 Å². The molecule has 6 rings (SSSR count). The lowest BCUT2D eigenvalue weighted by molar-refractivity contribution is -0.147. The van der Waals surface area contributed by atoms with Crippen molar-refractivity contribution in [1.82, 2.24) is 30.0 Å². The highest BCUT2D eigenvalue weighted by Crippen LogP contribution is 2.56. The number of aromatic nitrogens is 4. The normalized spacial score (nSPS) is 29.8. The maximum Gasteiger partial charge on any atom is 0.242 e. The van der Waals surface area contributed by atoms with Crippen molar-refractivity contribution in [2.45, 2.75) is 38.1 Å². The largest absolute Gasteiger partial charge is 0.341 e. The van der Waals surface area contributed by atoms with E-state index in [1.165, 1.54) is 4.90 Å². The molecule has 2 aromatic rings. The molecule has 9 heteroatoms. The van der Waals surface area contributed by atoms with Gasteiger partial charge in [0.05, 0.1) is 17.9 Å². The number of nitrogens with zero attached hydrogens (tertiary/aromatic N) is 6. The summed E-state index contributed by atoms with van der Waals surface area (Å²) in [5, 5.41) is 12.9. The predicted molar refractivity (Wildman–Crippen MR) is 113 cm³/mol. The van der Waals surface area contributed by atoms with Crippen molar-refractivity contribution in [3.63, 3.8) is 0 Å². The van der Waals surface area contributed by atoms with Gasteiger partial charge in [0.1, 0.15) is 6.54 Å². The summed E-state index contributed by atoms with van der Waals surface area (Å²) in [6, 6.07) is 9.79. The van der Waals surface area contributed by atoms with Crippen molar-refractivity contribution in [3.8, 4) is 11.4 Å². The Kier molecular flexibility index (Phi) is 4.58. The lowest BCUT2D eigenvalue weighted by Crippen LogP contribution is -2.46. The minimum Gasteiger partial charge on any atom is -0.341 e. The van der Waals surface area contributed by atoms with E-state index >= 15 is 0 Å². The van der Waals surface area contributed by atoms with Crippen LogP contribution in [0, 0.1) is 23.7 Å². The first kappa shape index (κ1) is 19.6. The van der Waals surface area contributed by atoms with Crippen LogP contribution in [0.1, 0.15) is 38.1 Å². The van der Waals surface area contributed by atoms with Gasteiger partial charge >= 0.3 is 0 Å². The minimum absolute atomic E-state index is 0.0778. The predicted octanol–water partition coefficient (Wildman–Crippen LogP) is 1.53. The van der Waals surface area contributed by atoms with Gasteiger partial charge in [-0.25, -0.2) is 0 Å². The van der Waals surface area contributed by atoms with Crippen LogP contribution in [0.4, 0.5) is 0 Å². The van der Waals surface area contributed by atoms with Crippen molar-refractivity contribution in [2.75, 3.05) is 19.6 Å². The number of benzene rings is 1. The number of likely N-dealkylation sites (tertiary alicyclic amines) is 2. The molecule has 2 aliphatic heterocycles. The smallest absolute Gasteiger partial charge is 0.242 e.